The number of amides is 2. The molecule has 0 bridgehead atoms. The van der Waals surface area contributed by atoms with Crippen molar-refractivity contribution in [2.75, 3.05) is 6.54 Å². The van der Waals surface area contributed by atoms with Crippen LogP contribution in [-0.2, 0) is 26.2 Å². The van der Waals surface area contributed by atoms with E-state index in [2.05, 4.69) is 69.3 Å². The summed E-state index contributed by atoms with van der Waals surface area (Å²) in [6.45, 7) is 23.0. The monoisotopic (exact) mass is 735 g/mol. The van der Waals surface area contributed by atoms with Gasteiger partial charge in [-0.25, -0.2) is 0 Å². The molecule has 9 heteroatoms. The second kappa shape index (κ2) is 11.6. The van der Waals surface area contributed by atoms with Crippen molar-refractivity contribution in [2.24, 2.45) is 34.3 Å². The lowest BCUT2D eigenvalue weighted by molar-refractivity contribution is -0.144. The van der Waals surface area contributed by atoms with Crippen LogP contribution in [0.25, 0.3) is 16.5 Å². The highest BCUT2D eigenvalue weighted by Gasteiger charge is 2.67. The van der Waals surface area contributed by atoms with E-state index in [-0.39, 0.29) is 40.9 Å². The number of aromatic nitrogens is 1. The third kappa shape index (κ3) is 4.70. The fourth-order valence-electron chi connectivity index (χ4n) is 12.9. The highest BCUT2D eigenvalue weighted by atomic mass is 16.5. The minimum Gasteiger partial charge on any atom is -0.392 e. The highest BCUT2D eigenvalue weighted by Crippen LogP contribution is 2.71. The number of ketones is 1. The van der Waals surface area contributed by atoms with Crippen molar-refractivity contribution in [2.45, 2.75) is 129 Å². The number of fused-ring (bicyclic) bond motifs is 11. The molecule has 0 saturated heterocycles. The Morgan fingerprint density at radius 1 is 1.09 bits per heavy atom. The number of carbonyl (C=O) groups excluding carboxylic acids is 3. The lowest BCUT2D eigenvalue weighted by atomic mass is 9.40. The largest absolute Gasteiger partial charge is 0.392 e. The van der Waals surface area contributed by atoms with Crippen LogP contribution in [0.1, 0.15) is 133 Å². The number of nitrogens with zero attached hydrogens (tertiary/aromatic N) is 1. The number of carbonyl (C=O) groups is 3. The van der Waals surface area contributed by atoms with Crippen LogP contribution in [0.2, 0.25) is 0 Å². The number of rotatable bonds is 6. The highest BCUT2D eigenvalue weighted by molar-refractivity contribution is 6.18. The SMILES string of the molecule is C=C(C)C1C(=O)c2c3c(cc4c5c(n1c24)C1(C)C(CCC2C(C)(/C=C/C=C(\C)C(=O)NCC(N)=O)C(O)CCC21C)C5)C1=CC(C)(C)OC(C)(C)C1C3O. The van der Waals surface area contributed by atoms with Crippen molar-refractivity contribution in [3.8, 4) is 0 Å². The lowest BCUT2D eigenvalue weighted by Gasteiger charge is -2.64. The number of allylic oxidation sites excluding steroid dienone is 3. The summed E-state index contributed by atoms with van der Waals surface area (Å²) in [5.41, 5.74) is 11.1. The molecule has 9 atom stereocenters. The van der Waals surface area contributed by atoms with Gasteiger partial charge in [-0.3, -0.25) is 14.4 Å². The minimum atomic E-state index is -0.873. The predicted octanol–water partition coefficient (Wildman–Crippen LogP) is 6.70. The molecule has 6 aliphatic rings. The normalized spacial score (nSPS) is 37.1. The molecule has 2 aliphatic heterocycles. The molecule has 2 fully saturated rings. The van der Waals surface area contributed by atoms with Gasteiger partial charge in [-0.15, -0.1) is 0 Å². The Morgan fingerprint density at radius 3 is 2.46 bits per heavy atom. The third-order valence-electron chi connectivity index (χ3n) is 15.2. The number of aliphatic hydroxyl groups excluding tert-OH is 2. The molecule has 1 aromatic carbocycles. The molecule has 1 aromatic heterocycles. The summed E-state index contributed by atoms with van der Waals surface area (Å²) in [6.07, 6.45) is 10.7. The van der Waals surface area contributed by atoms with E-state index in [4.69, 9.17) is 10.5 Å². The summed E-state index contributed by atoms with van der Waals surface area (Å²) in [5, 5.41) is 27.6. The Kier molecular flexibility index (Phi) is 7.99. The van der Waals surface area contributed by atoms with Crippen LogP contribution in [-0.4, -0.2) is 56.2 Å². The van der Waals surface area contributed by atoms with Gasteiger partial charge in [0, 0.05) is 39.0 Å². The third-order valence-corrected chi connectivity index (χ3v) is 15.2. The van der Waals surface area contributed by atoms with Gasteiger partial charge in [0.15, 0.2) is 5.78 Å². The smallest absolute Gasteiger partial charge is 0.247 e. The summed E-state index contributed by atoms with van der Waals surface area (Å²) in [5.74, 6) is -0.774. The molecule has 0 radical (unpaired) electrons. The zero-order chi connectivity index (χ0) is 39.2. The molecule has 0 spiro atoms. The number of nitrogens with two attached hydrogens (primary N) is 1. The number of nitrogens with one attached hydrogen (secondary N) is 1. The second-order valence-electron chi connectivity index (χ2n) is 19.2. The zero-order valence-corrected chi connectivity index (χ0v) is 33.4. The van der Waals surface area contributed by atoms with Crippen LogP contribution in [0.3, 0.4) is 0 Å². The molecule has 4 aliphatic carbocycles. The molecule has 8 rings (SSSR count). The Bertz CT molecular complexity index is 2170. The minimum absolute atomic E-state index is 0.0110. The number of benzene rings is 1. The Morgan fingerprint density at radius 2 is 1.80 bits per heavy atom. The molecular weight excluding hydrogens is 679 g/mol. The summed E-state index contributed by atoms with van der Waals surface area (Å²) in [6, 6.07) is 1.73. The summed E-state index contributed by atoms with van der Waals surface area (Å²) < 4.78 is 8.87. The maximum absolute atomic E-state index is 14.9. The molecule has 2 aromatic rings. The van der Waals surface area contributed by atoms with E-state index in [1.165, 1.54) is 11.3 Å². The van der Waals surface area contributed by atoms with Crippen molar-refractivity contribution in [3.05, 3.63) is 76.0 Å². The number of hydrogen-bond donors (Lipinski definition) is 4. The number of hydrogen-bond acceptors (Lipinski definition) is 6. The van der Waals surface area contributed by atoms with Gasteiger partial charge in [-0.1, -0.05) is 51.2 Å². The predicted molar refractivity (Wildman–Crippen MR) is 210 cm³/mol. The van der Waals surface area contributed by atoms with E-state index < -0.39 is 40.8 Å². The van der Waals surface area contributed by atoms with E-state index in [1.54, 1.807) is 13.0 Å². The van der Waals surface area contributed by atoms with E-state index in [0.717, 1.165) is 58.9 Å². The molecule has 54 heavy (non-hydrogen) atoms. The Hall–Kier alpha value is -3.79. The van der Waals surface area contributed by atoms with Gasteiger partial charge >= 0.3 is 0 Å². The summed E-state index contributed by atoms with van der Waals surface area (Å²) in [4.78, 5) is 38.7. The lowest BCUT2D eigenvalue weighted by Crippen LogP contribution is -2.62. The fourth-order valence-corrected chi connectivity index (χ4v) is 12.9. The fraction of sp³-hybridized carbons (Fsp3) is 0.578. The van der Waals surface area contributed by atoms with Gasteiger partial charge in [0.05, 0.1) is 41.0 Å². The maximum Gasteiger partial charge on any atom is 0.247 e. The second-order valence-corrected chi connectivity index (χ2v) is 19.2. The van der Waals surface area contributed by atoms with Crippen LogP contribution in [0, 0.1) is 28.6 Å². The Labute approximate surface area is 318 Å². The van der Waals surface area contributed by atoms with E-state index in [0.29, 0.717) is 23.5 Å². The molecular formula is C45H57N3O6. The molecule has 288 valence electrons. The zero-order valence-electron chi connectivity index (χ0n) is 33.4. The first-order chi connectivity index (χ1) is 25.1. The average Bonchev–Trinajstić information content (AvgIpc) is 3.74. The van der Waals surface area contributed by atoms with Gasteiger partial charge in [-0.05, 0) is 120 Å². The van der Waals surface area contributed by atoms with Crippen molar-refractivity contribution in [1.82, 2.24) is 9.88 Å². The average molecular weight is 736 g/mol. The molecule has 9 nitrogen and oxygen atoms in total. The Balaban J connectivity index is 1.28. The van der Waals surface area contributed by atoms with E-state index in [1.807, 2.05) is 26.8 Å². The van der Waals surface area contributed by atoms with Crippen molar-refractivity contribution in [1.29, 1.82) is 0 Å². The summed E-state index contributed by atoms with van der Waals surface area (Å²) in [7, 11) is 0. The van der Waals surface area contributed by atoms with Gasteiger partial charge < -0.3 is 30.6 Å². The molecule has 3 heterocycles. The first kappa shape index (κ1) is 37.1. The number of ether oxygens (including phenoxy) is 1. The van der Waals surface area contributed by atoms with Gasteiger partial charge in [0.1, 0.15) is 6.04 Å². The number of Topliss-reactive ketones (excluding diaryl/α,β-unsaturated/α-hetero) is 1. The van der Waals surface area contributed by atoms with Crippen molar-refractivity contribution < 1.29 is 29.3 Å². The molecule has 5 N–H and O–H groups in total. The van der Waals surface area contributed by atoms with Crippen LogP contribution in [0.5, 0.6) is 0 Å². The standard InChI is InChI=1S/C45H57N3O6/c1-22(2)35-38(52)33-32-25(28-20-41(4,5)54-42(6,7)34(28)37(32)51)19-26-27-18-24-13-14-29-43(8,16-11-12-23(3)40(53)47-21-31(46)50)30(49)15-17-44(29,9)45(24,10)39(27)48(35)36(26)33/h11-12,16,19-20,24,29-30,34-35,37,49,51H,1,13-15,17-18,21H2,2-10H3,(H2,46,50)(H,47,53)/b16-11+,23-12+. The van der Waals surface area contributed by atoms with Gasteiger partial charge in [0.25, 0.3) is 0 Å². The topological polar surface area (TPSA) is 144 Å². The van der Waals surface area contributed by atoms with Crippen LogP contribution in [0.4, 0.5) is 0 Å². The maximum atomic E-state index is 14.9. The van der Waals surface area contributed by atoms with Gasteiger partial charge in [-0.2, -0.15) is 0 Å². The van der Waals surface area contributed by atoms with Crippen LogP contribution in [0.15, 0.2) is 48.1 Å². The van der Waals surface area contributed by atoms with E-state index in [9.17, 15) is 24.6 Å². The molecule has 9 unspecified atom stereocenters. The quantitative estimate of drug-likeness (QED) is 0.148. The first-order valence-electron chi connectivity index (χ1n) is 19.8. The summed E-state index contributed by atoms with van der Waals surface area (Å²) >= 11 is 0. The van der Waals surface area contributed by atoms with Crippen molar-refractivity contribution in [3.63, 3.8) is 0 Å². The van der Waals surface area contributed by atoms with Crippen LogP contribution < -0.4 is 11.1 Å². The van der Waals surface area contributed by atoms with Crippen molar-refractivity contribution >= 4 is 34.1 Å². The van der Waals surface area contributed by atoms with Crippen LogP contribution >= 0.6 is 0 Å². The number of aliphatic hydroxyl groups is 2. The first-order valence-corrected chi connectivity index (χ1v) is 19.8. The molecule has 2 saturated carbocycles. The molecule has 2 amide bonds. The van der Waals surface area contributed by atoms with Gasteiger partial charge in [0.2, 0.25) is 11.8 Å². The van der Waals surface area contributed by atoms with E-state index >= 15 is 0 Å². The number of primary amides is 1.